The van der Waals surface area contributed by atoms with Crippen molar-refractivity contribution in [3.05, 3.63) is 54.1 Å². The number of anilines is 2. The number of fused-ring (bicyclic) bond motifs is 1. The number of nitrogens with one attached hydrogen (secondary N) is 2. The average Bonchev–Trinajstić information content (AvgIpc) is 2.83. The lowest BCUT2D eigenvalue weighted by Gasteiger charge is -2.29. The van der Waals surface area contributed by atoms with Crippen LogP contribution >= 0.6 is 0 Å². The van der Waals surface area contributed by atoms with Gasteiger partial charge < -0.3 is 20.3 Å². The lowest BCUT2D eigenvalue weighted by Crippen LogP contribution is -2.34. The molecule has 10 heteroatoms. The summed E-state index contributed by atoms with van der Waals surface area (Å²) in [7, 11) is 3.94. The van der Waals surface area contributed by atoms with Crippen molar-refractivity contribution in [3.8, 4) is 5.75 Å². The van der Waals surface area contributed by atoms with Gasteiger partial charge in [0.25, 0.3) is 0 Å². The number of alkyl halides is 3. The summed E-state index contributed by atoms with van der Waals surface area (Å²) in [6, 6.07) is 13.6. The van der Waals surface area contributed by atoms with Crippen molar-refractivity contribution in [2.75, 3.05) is 30.9 Å². The van der Waals surface area contributed by atoms with Crippen molar-refractivity contribution in [2.45, 2.75) is 44.5 Å². The number of carbonyl (C=O) groups is 1. The van der Waals surface area contributed by atoms with E-state index in [1.165, 1.54) is 24.3 Å². The topological polar surface area (TPSA) is 79.4 Å². The van der Waals surface area contributed by atoms with Crippen molar-refractivity contribution >= 4 is 28.6 Å². The van der Waals surface area contributed by atoms with Gasteiger partial charge in [0.05, 0.1) is 11.9 Å². The minimum absolute atomic E-state index is 0.108. The molecule has 1 amide bonds. The Bertz CT molecular complexity index is 1180. The second kappa shape index (κ2) is 11.0. The van der Waals surface area contributed by atoms with E-state index in [0.717, 1.165) is 42.4 Å². The molecule has 0 unspecified atom stereocenters. The quantitative estimate of drug-likeness (QED) is 0.456. The van der Waals surface area contributed by atoms with Crippen LogP contribution < -0.4 is 20.3 Å². The molecule has 1 aromatic heterocycles. The highest BCUT2D eigenvalue weighted by Gasteiger charge is 2.31. The second-order valence-corrected chi connectivity index (χ2v) is 9.32. The fraction of sp³-hybridized carbons (Fsp3) is 0.423. The van der Waals surface area contributed by atoms with E-state index >= 15 is 0 Å². The number of halogens is 3. The van der Waals surface area contributed by atoms with Gasteiger partial charge in [0.15, 0.2) is 0 Å². The molecule has 2 N–H and O–H groups in total. The van der Waals surface area contributed by atoms with Crippen molar-refractivity contribution in [1.29, 1.82) is 0 Å². The molecule has 36 heavy (non-hydrogen) atoms. The molecule has 192 valence electrons. The van der Waals surface area contributed by atoms with E-state index < -0.39 is 6.36 Å². The van der Waals surface area contributed by atoms with Crippen LogP contribution in [0.2, 0.25) is 0 Å². The van der Waals surface area contributed by atoms with E-state index in [2.05, 4.69) is 20.4 Å². The van der Waals surface area contributed by atoms with Gasteiger partial charge in [-0.3, -0.25) is 4.79 Å². The molecule has 1 aliphatic carbocycles. The molecule has 0 aliphatic heterocycles. The van der Waals surface area contributed by atoms with Crippen LogP contribution in [0.4, 0.5) is 24.9 Å². The van der Waals surface area contributed by atoms with Crippen molar-refractivity contribution in [3.63, 3.8) is 0 Å². The number of ether oxygens (including phenoxy) is 1. The minimum atomic E-state index is -4.73. The van der Waals surface area contributed by atoms with Crippen LogP contribution in [0.3, 0.4) is 0 Å². The summed E-state index contributed by atoms with van der Waals surface area (Å²) in [5, 5.41) is 7.46. The fourth-order valence-electron chi connectivity index (χ4n) is 4.47. The van der Waals surface area contributed by atoms with Crippen LogP contribution in [0.1, 0.15) is 31.2 Å². The first-order valence-electron chi connectivity index (χ1n) is 12.0. The summed E-state index contributed by atoms with van der Waals surface area (Å²) in [6.45, 7) is 0.581. The van der Waals surface area contributed by atoms with E-state index in [4.69, 9.17) is 4.98 Å². The van der Waals surface area contributed by atoms with E-state index in [1.54, 1.807) is 0 Å². The van der Waals surface area contributed by atoms with Crippen LogP contribution in [-0.2, 0) is 11.2 Å². The highest BCUT2D eigenvalue weighted by atomic mass is 19.4. The summed E-state index contributed by atoms with van der Waals surface area (Å²) in [5.41, 5.74) is 1.53. The zero-order valence-corrected chi connectivity index (χ0v) is 20.3. The Labute approximate surface area is 208 Å². The van der Waals surface area contributed by atoms with Gasteiger partial charge in [0, 0.05) is 32.1 Å². The minimum Gasteiger partial charge on any atom is -0.406 e. The zero-order valence-electron chi connectivity index (χ0n) is 20.3. The van der Waals surface area contributed by atoms with E-state index in [-0.39, 0.29) is 24.1 Å². The highest BCUT2D eigenvalue weighted by molar-refractivity contribution is 5.90. The van der Waals surface area contributed by atoms with Gasteiger partial charge in [-0.2, -0.15) is 4.98 Å². The van der Waals surface area contributed by atoms with Crippen LogP contribution in [0, 0.1) is 5.92 Å². The molecule has 1 saturated carbocycles. The van der Waals surface area contributed by atoms with Crippen LogP contribution in [0.25, 0.3) is 10.9 Å². The summed E-state index contributed by atoms with van der Waals surface area (Å²) in [4.78, 5) is 23.7. The standard InChI is InChI=1S/C26H30F3N5O2/c1-34(2)24-21-5-3-4-6-22(21)32-25(33-24)31-19-11-7-18(8-12-19)16-30-23(35)15-17-9-13-20(14-10-17)36-26(27,28)29/h3-6,9-10,13-14,18-19H,7-8,11-12,15-16H2,1-2H3,(H,30,35)(H,31,32,33). The van der Waals surface area contributed by atoms with Crippen LogP contribution in [0.5, 0.6) is 5.75 Å². The Morgan fingerprint density at radius 2 is 1.72 bits per heavy atom. The van der Waals surface area contributed by atoms with Crippen molar-refractivity contribution in [2.24, 2.45) is 5.92 Å². The number of hydrogen-bond donors (Lipinski definition) is 2. The van der Waals surface area contributed by atoms with Gasteiger partial charge in [-0.15, -0.1) is 13.2 Å². The van der Waals surface area contributed by atoms with Crippen molar-refractivity contribution < 1.29 is 22.7 Å². The SMILES string of the molecule is CN(C)c1nc(NC2CCC(CNC(=O)Cc3ccc(OC(F)(F)F)cc3)CC2)nc2ccccc12. The van der Waals surface area contributed by atoms with E-state index in [1.807, 2.05) is 43.3 Å². The summed E-state index contributed by atoms with van der Waals surface area (Å²) < 4.78 is 40.7. The third kappa shape index (κ3) is 6.99. The van der Waals surface area contributed by atoms with Gasteiger partial charge >= 0.3 is 6.36 Å². The molecule has 7 nitrogen and oxygen atoms in total. The molecule has 4 rings (SSSR count). The molecule has 0 bridgehead atoms. The van der Waals surface area contributed by atoms with Gasteiger partial charge in [-0.05, 0) is 61.4 Å². The number of amides is 1. The second-order valence-electron chi connectivity index (χ2n) is 9.32. The first kappa shape index (κ1) is 25.5. The summed E-state index contributed by atoms with van der Waals surface area (Å²) in [5.74, 6) is 1.43. The Balaban J connectivity index is 1.23. The predicted molar refractivity (Wildman–Crippen MR) is 133 cm³/mol. The monoisotopic (exact) mass is 501 g/mol. The Hall–Kier alpha value is -3.56. The van der Waals surface area contributed by atoms with E-state index in [0.29, 0.717) is 24.0 Å². The lowest BCUT2D eigenvalue weighted by atomic mass is 9.86. The predicted octanol–water partition coefficient (Wildman–Crippen LogP) is 4.92. The highest BCUT2D eigenvalue weighted by Crippen LogP contribution is 2.28. The van der Waals surface area contributed by atoms with Crippen LogP contribution in [0.15, 0.2) is 48.5 Å². The third-order valence-electron chi connectivity index (χ3n) is 6.30. The van der Waals surface area contributed by atoms with Gasteiger partial charge in [0.2, 0.25) is 11.9 Å². The molecule has 0 spiro atoms. The van der Waals surface area contributed by atoms with Gasteiger partial charge in [-0.1, -0.05) is 24.3 Å². The first-order chi connectivity index (χ1) is 17.2. The Morgan fingerprint density at radius 3 is 2.39 bits per heavy atom. The molecule has 0 atom stereocenters. The molecule has 0 saturated heterocycles. The fourth-order valence-corrected chi connectivity index (χ4v) is 4.47. The maximum absolute atomic E-state index is 12.3. The number of aromatic nitrogens is 2. The maximum Gasteiger partial charge on any atom is 0.573 e. The van der Waals surface area contributed by atoms with Gasteiger partial charge in [-0.25, -0.2) is 4.98 Å². The van der Waals surface area contributed by atoms with Crippen LogP contribution in [-0.4, -0.2) is 48.9 Å². The molecule has 1 heterocycles. The number of hydrogen-bond acceptors (Lipinski definition) is 6. The molecule has 2 aromatic carbocycles. The lowest BCUT2D eigenvalue weighted by molar-refractivity contribution is -0.274. The van der Waals surface area contributed by atoms with E-state index in [9.17, 15) is 18.0 Å². The normalized spacial score (nSPS) is 18.0. The summed E-state index contributed by atoms with van der Waals surface area (Å²) >= 11 is 0. The third-order valence-corrected chi connectivity index (χ3v) is 6.30. The van der Waals surface area contributed by atoms with Crippen molar-refractivity contribution in [1.82, 2.24) is 15.3 Å². The Morgan fingerprint density at radius 1 is 1.03 bits per heavy atom. The average molecular weight is 502 g/mol. The number of rotatable bonds is 8. The molecule has 1 aliphatic rings. The molecule has 0 radical (unpaired) electrons. The number of para-hydroxylation sites is 1. The number of nitrogens with zero attached hydrogens (tertiary/aromatic N) is 3. The summed E-state index contributed by atoms with van der Waals surface area (Å²) in [6.07, 6.45) is -0.781. The molecule has 3 aromatic rings. The zero-order chi connectivity index (χ0) is 25.7. The van der Waals surface area contributed by atoms with Gasteiger partial charge in [0.1, 0.15) is 11.6 Å². The molecular formula is C26H30F3N5O2. The molecular weight excluding hydrogens is 471 g/mol. The molecule has 1 fully saturated rings. The Kier molecular flexibility index (Phi) is 7.81. The maximum atomic E-state index is 12.3. The number of carbonyl (C=O) groups excluding carboxylic acids is 1. The first-order valence-corrected chi connectivity index (χ1v) is 12.0. The number of benzene rings is 2. The largest absolute Gasteiger partial charge is 0.573 e. The smallest absolute Gasteiger partial charge is 0.406 e.